The number of carbonyl (C=O) groups excluding carboxylic acids is 1. The van der Waals surface area contributed by atoms with Gasteiger partial charge < -0.3 is 5.32 Å². The molecule has 5 aromatic rings. The summed E-state index contributed by atoms with van der Waals surface area (Å²) < 4.78 is 28.1. The predicted molar refractivity (Wildman–Crippen MR) is 165 cm³/mol. The van der Waals surface area contributed by atoms with E-state index in [1.807, 2.05) is 60.8 Å². The van der Waals surface area contributed by atoms with Crippen molar-refractivity contribution in [3.05, 3.63) is 125 Å². The van der Waals surface area contributed by atoms with E-state index < -0.39 is 15.3 Å². The van der Waals surface area contributed by atoms with Crippen molar-refractivity contribution in [3.63, 3.8) is 0 Å². The second kappa shape index (κ2) is 12.3. The Morgan fingerprint density at radius 3 is 2.27 bits per heavy atom. The highest BCUT2D eigenvalue weighted by atomic mass is 35.5. The van der Waals surface area contributed by atoms with Crippen LogP contribution in [0.2, 0.25) is 5.02 Å². The lowest BCUT2D eigenvalue weighted by atomic mass is 10.1. The molecule has 0 saturated carbocycles. The third-order valence-electron chi connectivity index (χ3n) is 5.92. The summed E-state index contributed by atoms with van der Waals surface area (Å²) in [7, 11) is -3.71. The third kappa shape index (κ3) is 6.74. The zero-order valence-corrected chi connectivity index (χ0v) is 24.4. The minimum atomic E-state index is -3.71. The van der Waals surface area contributed by atoms with E-state index in [-0.39, 0.29) is 10.8 Å². The minimum absolute atomic E-state index is 0.192. The number of benzene rings is 4. The molecule has 0 saturated heterocycles. The molecule has 0 spiro atoms. The number of nitrogens with zero attached hydrogens (tertiary/aromatic N) is 1. The van der Waals surface area contributed by atoms with Crippen LogP contribution in [0, 0.1) is 6.92 Å². The maximum Gasteiger partial charge on any atom is 0.261 e. The maximum absolute atomic E-state index is 13.5. The maximum atomic E-state index is 13.5. The highest BCUT2D eigenvalue weighted by Crippen LogP contribution is 2.38. The molecule has 0 bridgehead atoms. The van der Waals surface area contributed by atoms with Crippen molar-refractivity contribution in [3.8, 4) is 11.3 Å². The average Bonchev–Trinajstić information content (AvgIpc) is 3.41. The van der Waals surface area contributed by atoms with Gasteiger partial charge in [-0.2, -0.15) is 0 Å². The van der Waals surface area contributed by atoms with E-state index in [9.17, 15) is 13.2 Å². The Kier molecular flexibility index (Phi) is 8.56. The number of halogens is 1. The summed E-state index contributed by atoms with van der Waals surface area (Å²) in [6, 6.07) is 30.5. The molecule has 0 aliphatic heterocycles. The van der Waals surface area contributed by atoms with Gasteiger partial charge in [-0.3, -0.25) is 9.52 Å². The van der Waals surface area contributed by atoms with Crippen molar-refractivity contribution >= 4 is 61.4 Å². The highest BCUT2D eigenvalue weighted by molar-refractivity contribution is 8.00. The summed E-state index contributed by atoms with van der Waals surface area (Å²) in [5, 5.41) is 5.31. The van der Waals surface area contributed by atoms with Crippen LogP contribution < -0.4 is 10.0 Å². The number of carbonyl (C=O) groups is 1. The molecule has 2 N–H and O–H groups in total. The molecule has 1 heterocycles. The van der Waals surface area contributed by atoms with Crippen molar-refractivity contribution < 1.29 is 13.2 Å². The molecule has 1 atom stereocenters. The Hall–Kier alpha value is -3.63. The number of hydrogen-bond donors (Lipinski definition) is 2. The summed E-state index contributed by atoms with van der Waals surface area (Å²) in [6.45, 7) is 1.90. The molecular formula is C30H24ClN3O3S3. The Balaban J connectivity index is 1.32. The Labute approximate surface area is 246 Å². The average molecular weight is 606 g/mol. The van der Waals surface area contributed by atoms with E-state index in [0.29, 0.717) is 21.5 Å². The van der Waals surface area contributed by atoms with Gasteiger partial charge in [0.05, 0.1) is 10.6 Å². The van der Waals surface area contributed by atoms with Crippen LogP contribution in [0.25, 0.3) is 11.3 Å². The molecule has 1 unspecified atom stereocenters. The monoisotopic (exact) mass is 605 g/mol. The first-order valence-electron chi connectivity index (χ1n) is 12.2. The zero-order chi connectivity index (χ0) is 28.1. The first kappa shape index (κ1) is 27.9. The fourth-order valence-corrected chi connectivity index (χ4v) is 6.89. The van der Waals surface area contributed by atoms with Gasteiger partial charge in [0.25, 0.3) is 10.0 Å². The number of thiazole rings is 1. The van der Waals surface area contributed by atoms with Crippen LogP contribution in [0.4, 0.5) is 10.8 Å². The van der Waals surface area contributed by atoms with Crippen LogP contribution in [0.5, 0.6) is 0 Å². The van der Waals surface area contributed by atoms with E-state index in [2.05, 4.69) is 15.0 Å². The normalized spacial score (nSPS) is 12.1. The minimum Gasteiger partial charge on any atom is -0.301 e. The third-order valence-corrected chi connectivity index (χ3v) is 9.67. The van der Waals surface area contributed by atoms with E-state index in [4.69, 9.17) is 11.6 Å². The summed E-state index contributed by atoms with van der Waals surface area (Å²) in [5.74, 6) is -0.222. The highest BCUT2D eigenvalue weighted by Gasteiger charge is 2.24. The van der Waals surface area contributed by atoms with Gasteiger partial charge in [-0.25, -0.2) is 13.4 Å². The Morgan fingerprint density at radius 1 is 0.900 bits per heavy atom. The summed E-state index contributed by atoms with van der Waals surface area (Å²) in [6.07, 6.45) is 0. The van der Waals surface area contributed by atoms with Gasteiger partial charge in [0.15, 0.2) is 5.13 Å². The van der Waals surface area contributed by atoms with Crippen LogP contribution in [0.3, 0.4) is 0 Å². The topological polar surface area (TPSA) is 88.2 Å². The van der Waals surface area contributed by atoms with Crippen LogP contribution in [0.1, 0.15) is 16.4 Å². The molecule has 0 fully saturated rings. The second-order valence-corrected chi connectivity index (χ2v) is 13.0. The molecule has 10 heteroatoms. The molecule has 6 nitrogen and oxygen atoms in total. The fraction of sp³-hybridized carbons (Fsp3) is 0.0667. The van der Waals surface area contributed by atoms with Gasteiger partial charge in [0.2, 0.25) is 5.91 Å². The van der Waals surface area contributed by atoms with Crippen LogP contribution in [0.15, 0.2) is 118 Å². The number of rotatable bonds is 9. The van der Waals surface area contributed by atoms with Gasteiger partial charge >= 0.3 is 0 Å². The largest absolute Gasteiger partial charge is 0.301 e. The SMILES string of the molecule is Cc1ccc(S(=O)(=O)Nc2ccc(SC(C(=O)Nc3nc(-c4ccccc4Cl)cs3)c3ccccc3)cc2)cc1. The van der Waals surface area contributed by atoms with Gasteiger partial charge in [0.1, 0.15) is 5.25 Å². The lowest BCUT2D eigenvalue weighted by Crippen LogP contribution is -2.19. The molecule has 0 aliphatic rings. The number of hydrogen-bond acceptors (Lipinski definition) is 6. The number of aryl methyl sites for hydroxylation is 1. The van der Waals surface area contributed by atoms with Crippen molar-refractivity contribution in [1.82, 2.24) is 4.98 Å². The number of aromatic nitrogens is 1. The second-order valence-electron chi connectivity index (χ2n) is 8.86. The van der Waals surface area contributed by atoms with E-state index in [1.165, 1.54) is 23.1 Å². The van der Waals surface area contributed by atoms with Gasteiger partial charge in [-0.05, 0) is 55.0 Å². The van der Waals surface area contributed by atoms with Crippen LogP contribution >= 0.6 is 34.7 Å². The molecule has 1 aromatic heterocycles. The van der Waals surface area contributed by atoms with Crippen LogP contribution in [-0.2, 0) is 14.8 Å². The number of sulfonamides is 1. The molecule has 202 valence electrons. The first-order valence-corrected chi connectivity index (χ1v) is 15.8. The first-order chi connectivity index (χ1) is 19.3. The number of anilines is 2. The number of amides is 1. The van der Waals surface area contributed by atoms with Crippen molar-refractivity contribution in [1.29, 1.82) is 0 Å². The van der Waals surface area contributed by atoms with Crippen molar-refractivity contribution in [2.24, 2.45) is 0 Å². The van der Waals surface area contributed by atoms with E-state index in [1.54, 1.807) is 54.6 Å². The number of nitrogens with one attached hydrogen (secondary N) is 2. The molecule has 4 aromatic carbocycles. The van der Waals surface area contributed by atoms with E-state index >= 15 is 0 Å². The van der Waals surface area contributed by atoms with E-state index in [0.717, 1.165) is 21.6 Å². The summed E-state index contributed by atoms with van der Waals surface area (Å²) in [4.78, 5) is 19.0. The zero-order valence-electron chi connectivity index (χ0n) is 21.2. The lowest BCUT2D eigenvalue weighted by molar-refractivity contribution is -0.115. The van der Waals surface area contributed by atoms with Gasteiger partial charge in [-0.1, -0.05) is 77.8 Å². The van der Waals surface area contributed by atoms with Crippen molar-refractivity contribution in [2.45, 2.75) is 22.0 Å². The molecule has 1 amide bonds. The molecule has 0 aliphatic carbocycles. The van der Waals surface area contributed by atoms with Crippen LogP contribution in [-0.4, -0.2) is 19.3 Å². The Bertz CT molecular complexity index is 1720. The Morgan fingerprint density at radius 2 is 1.57 bits per heavy atom. The lowest BCUT2D eigenvalue weighted by Gasteiger charge is -2.16. The van der Waals surface area contributed by atoms with Gasteiger partial charge in [0, 0.05) is 26.5 Å². The smallest absolute Gasteiger partial charge is 0.261 e. The van der Waals surface area contributed by atoms with Gasteiger partial charge in [-0.15, -0.1) is 23.1 Å². The molecule has 40 heavy (non-hydrogen) atoms. The van der Waals surface area contributed by atoms with Crippen molar-refractivity contribution in [2.75, 3.05) is 10.0 Å². The summed E-state index contributed by atoms with van der Waals surface area (Å²) in [5.41, 5.74) is 3.73. The predicted octanol–water partition coefficient (Wildman–Crippen LogP) is 8.04. The quantitative estimate of drug-likeness (QED) is 0.166. The molecular weight excluding hydrogens is 582 g/mol. The molecule has 5 rings (SSSR count). The standard InChI is InChI=1S/C30H24ClN3O3S3/c1-20-11-17-24(18-12-20)40(36,37)34-22-13-15-23(16-14-22)39-28(21-7-3-2-4-8-21)29(35)33-30-32-27(19-38-30)25-9-5-6-10-26(25)31/h2-19,28,34H,1H3,(H,32,33,35). The summed E-state index contributed by atoms with van der Waals surface area (Å²) >= 11 is 9.01. The molecule has 0 radical (unpaired) electrons. The fourth-order valence-electron chi connectivity index (χ4n) is 3.86. The number of thioether (sulfide) groups is 1.